The summed E-state index contributed by atoms with van der Waals surface area (Å²) in [5.41, 5.74) is 0.870. The Balaban J connectivity index is 1.99. The Bertz CT molecular complexity index is 726. The fraction of sp³-hybridized carbons (Fsp3) is 0.474. The van der Waals surface area contributed by atoms with Gasteiger partial charge in [0.25, 0.3) is 0 Å². The second kappa shape index (κ2) is 9.72. The van der Waals surface area contributed by atoms with E-state index < -0.39 is 5.97 Å². The fourth-order valence-electron chi connectivity index (χ4n) is 2.87. The molecule has 0 radical (unpaired) electrons. The quantitative estimate of drug-likeness (QED) is 0.698. The molecule has 0 spiro atoms. The van der Waals surface area contributed by atoms with Gasteiger partial charge < -0.3 is 24.2 Å². The van der Waals surface area contributed by atoms with Crippen LogP contribution in [0.4, 0.5) is 10.5 Å². The van der Waals surface area contributed by atoms with Crippen LogP contribution in [0.3, 0.4) is 0 Å². The van der Waals surface area contributed by atoms with Crippen molar-refractivity contribution >= 4 is 29.6 Å². The summed E-state index contributed by atoms with van der Waals surface area (Å²) in [5, 5.41) is 0. The number of esters is 1. The number of anilines is 1. The van der Waals surface area contributed by atoms with E-state index >= 15 is 0 Å². The van der Waals surface area contributed by atoms with Crippen LogP contribution >= 0.6 is 0 Å². The van der Waals surface area contributed by atoms with Crippen LogP contribution in [-0.4, -0.2) is 80.1 Å². The number of benzene rings is 1. The maximum atomic E-state index is 12.6. The number of carbonyl (C=O) groups is 4. The molecular formula is C19H25N3O6. The number of rotatable bonds is 5. The van der Waals surface area contributed by atoms with Gasteiger partial charge in [0, 0.05) is 38.8 Å². The van der Waals surface area contributed by atoms with E-state index in [9.17, 15) is 19.2 Å². The molecule has 1 aromatic rings. The molecule has 152 valence electrons. The van der Waals surface area contributed by atoms with Crippen LogP contribution in [0.15, 0.2) is 24.3 Å². The molecule has 0 unspecified atom stereocenters. The van der Waals surface area contributed by atoms with Gasteiger partial charge in [0.2, 0.25) is 11.8 Å². The molecule has 1 fully saturated rings. The summed E-state index contributed by atoms with van der Waals surface area (Å²) in [6.45, 7) is 4.84. The Kier molecular flexibility index (Phi) is 7.36. The highest BCUT2D eigenvalue weighted by Crippen LogP contribution is 2.17. The smallest absolute Gasteiger partial charge is 0.409 e. The largest absolute Gasteiger partial charge is 0.465 e. The molecule has 3 amide bonds. The lowest BCUT2D eigenvalue weighted by atomic mass is 10.2. The third kappa shape index (κ3) is 5.21. The minimum Gasteiger partial charge on any atom is -0.465 e. The first-order valence-electron chi connectivity index (χ1n) is 9.03. The first-order chi connectivity index (χ1) is 13.4. The van der Waals surface area contributed by atoms with E-state index in [1.807, 2.05) is 0 Å². The Morgan fingerprint density at radius 3 is 2.07 bits per heavy atom. The van der Waals surface area contributed by atoms with E-state index in [1.54, 1.807) is 41.0 Å². The number of ether oxygens (including phenoxy) is 2. The van der Waals surface area contributed by atoms with E-state index in [4.69, 9.17) is 4.74 Å². The molecule has 9 nitrogen and oxygen atoms in total. The molecule has 1 aromatic carbocycles. The van der Waals surface area contributed by atoms with Crippen molar-refractivity contribution in [3.05, 3.63) is 29.8 Å². The molecule has 1 aliphatic rings. The zero-order chi connectivity index (χ0) is 20.7. The molecular weight excluding hydrogens is 366 g/mol. The lowest BCUT2D eigenvalue weighted by molar-refractivity contribution is -0.132. The van der Waals surface area contributed by atoms with Crippen LogP contribution < -0.4 is 4.90 Å². The van der Waals surface area contributed by atoms with Crippen molar-refractivity contribution in [2.45, 2.75) is 13.8 Å². The van der Waals surface area contributed by atoms with Gasteiger partial charge in [-0.25, -0.2) is 9.59 Å². The van der Waals surface area contributed by atoms with E-state index in [0.29, 0.717) is 44.0 Å². The molecule has 0 aromatic heterocycles. The topological polar surface area (TPSA) is 96.5 Å². The standard InChI is InChI=1S/C19H25N3O6/c1-4-28-19(26)21-11-9-20(10-12-21)17(24)13-22(14(2)23)16-7-5-15(6-8-16)18(25)27-3/h5-8H,4,9-13H2,1-3H3. The molecule has 1 saturated heterocycles. The Morgan fingerprint density at radius 1 is 1.00 bits per heavy atom. The summed E-state index contributed by atoms with van der Waals surface area (Å²) in [7, 11) is 1.29. The first-order valence-corrected chi connectivity index (χ1v) is 9.03. The number of piperazine rings is 1. The molecule has 0 N–H and O–H groups in total. The monoisotopic (exact) mass is 391 g/mol. The van der Waals surface area contributed by atoms with Gasteiger partial charge in [-0.15, -0.1) is 0 Å². The average molecular weight is 391 g/mol. The van der Waals surface area contributed by atoms with Crippen LogP contribution in [-0.2, 0) is 19.1 Å². The van der Waals surface area contributed by atoms with Gasteiger partial charge in [0.05, 0.1) is 19.3 Å². The summed E-state index contributed by atoms with van der Waals surface area (Å²) >= 11 is 0. The molecule has 1 aliphatic heterocycles. The normalized spacial score (nSPS) is 13.7. The predicted molar refractivity (Wildman–Crippen MR) is 101 cm³/mol. The van der Waals surface area contributed by atoms with Crippen LogP contribution in [0.1, 0.15) is 24.2 Å². The second-order valence-electron chi connectivity index (χ2n) is 6.21. The van der Waals surface area contributed by atoms with E-state index in [2.05, 4.69) is 4.74 Å². The van der Waals surface area contributed by atoms with Gasteiger partial charge in [-0.2, -0.15) is 0 Å². The molecule has 0 bridgehead atoms. The number of carbonyl (C=O) groups excluding carboxylic acids is 4. The SMILES string of the molecule is CCOC(=O)N1CCN(C(=O)CN(C(C)=O)c2ccc(C(=O)OC)cc2)CC1. The van der Waals surface area contributed by atoms with Crippen LogP contribution in [0, 0.1) is 0 Å². The highest BCUT2D eigenvalue weighted by atomic mass is 16.6. The predicted octanol–water partition coefficient (Wildman–Crippen LogP) is 1.13. The van der Waals surface area contributed by atoms with Gasteiger partial charge in [0.1, 0.15) is 6.54 Å². The van der Waals surface area contributed by atoms with Crippen molar-refractivity contribution in [1.82, 2.24) is 9.80 Å². The van der Waals surface area contributed by atoms with Gasteiger partial charge in [0.15, 0.2) is 0 Å². The summed E-state index contributed by atoms with van der Waals surface area (Å²) < 4.78 is 9.61. The molecule has 0 aliphatic carbocycles. The zero-order valence-electron chi connectivity index (χ0n) is 16.3. The van der Waals surface area contributed by atoms with Crippen LogP contribution in [0.25, 0.3) is 0 Å². The van der Waals surface area contributed by atoms with Gasteiger partial charge in [-0.1, -0.05) is 0 Å². The fourth-order valence-corrected chi connectivity index (χ4v) is 2.87. The van der Waals surface area contributed by atoms with Crippen LogP contribution in [0.2, 0.25) is 0 Å². The summed E-state index contributed by atoms with van der Waals surface area (Å²) in [6.07, 6.45) is -0.384. The summed E-state index contributed by atoms with van der Waals surface area (Å²) in [4.78, 5) is 52.5. The maximum Gasteiger partial charge on any atom is 0.409 e. The lowest BCUT2D eigenvalue weighted by Crippen LogP contribution is -2.53. The van der Waals surface area contributed by atoms with Crippen molar-refractivity contribution in [3.63, 3.8) is 0 Å². The summed E-state index contributed by atoms with van der Waals surface area (Å²) in [5.74, 6) is -0.975. The Morgan fingerprint density at radius 2 is 1.57 bits per heavy atom. The minimum atomic E-state index is -0.475. The van der Waals surface area contributed by atoms with Gasteiger partial charge >= 0.3 is 12.1 Å². The van der Waals surface area contributed by atoms with Gasteiger partial charge in [-0.3, -0.25) is 9.59 Å². The highest BCUT2D eigenvalue weighted by molar-refractivity contribution is 5.98. The van der Waals surface area contributed by atoms with E-state index in [0.717, 1.165) is 0 Å². The number of nitrogens with zero attached hydrogens (tertiary/aromatic N) is 3. The van der Waals surface area contributed by atoms with Gasteiger partial charge in [-0.05, 0) is 31.2 Å². The van der Waals surface area contributed by atoms with E-state index in [-0.39, 0.29) is 24.5 Å². The summed E-state index contributed by atoms with van der Waals surface area (Å²) in [6, 6.07) is 6.28. The third-order valence-corrected chi connectivity index (χ3v) is 4.43. The highest BCUT2D eigenvalue weighted by Gasteiger charge is 2.26. The number of hydrogen-bond donors (Lipinski definition) is 0. The molecule has 0 saturated carbocycles. The van der Waals surface area contributed by atoms with Crippen molar-refractivity contribution < 1.29 is 28.7 Å². The molecule has 2 rings (SSSR count). The molecule has 1 heterocycles. The first kappa shape index (κ1) is 21.2. The zero-order valence-corrected chi connectivity index (χ0v) is 16.3. The molecule has 9 heteroatoms. The van der Waals surface area contributed by atoms with Crippen molar-refractivity contribution in [2.24, 2.45) is 0 Å². The molecule has 0 atom stereocenters. The third-order valence-electron chi connectivity index (χ3n) is 4.43. The number of methoxy groups -OCH3 is 1. The lowest BCUT2D eigenvalue weighted by Gasteiger charge is -2.35. The average Bonchev–Trinajstić information content (AvgIpc) is 2.71. The molecule has 28 heavy (non-hydrogen) atoms. The van der Waals surface area contributed by atoms with Crippen molar-refractivity contribution in [3.8, 4) is 0 Å². The van der Waals surface area contributed by atoms with E-state index in [1.165, 1.54) is 18.9 Å². The number of amides is 3. The maximum absolute atomic E-state index is 12.6. The second-order valence-corrected chi connectivity index (χ2v) is 6.21. The Labute approximate surface area is 163 Å². The van der Waals surface area contributed by atoms with Crippen molar-refractivity contribution in [2.75, 3.05) is 51.3 Å². The Hall–Kier alpha value is -3.10. The van der Waals surface area contributed by atoms with Crippen LogP contribution in [0.5, 0.6) is 0 Å². The minimum absolute atomic E-state index is 0.119. The number of hydrogen-bond acceptors (Lipinski definition) is 6. The van der Waals surface area contributed by atoms with Crippen molar-refractivity contribution in [1.29, 1.82) is 0 Å².